The normalized spacial score (nSPS) is 22.6. The molecule has 2 aromatic rings. The van der Waals surface area contributed by atoms with Crippen LogP contribution in [0.15, 0.2) is 53.4 Å². The molecule has 0 saturated carbocycles. The Hall–Kier alpha value is -2.79. The van der Waals surface area contributed by atoms with Crippen LogP contribution in [-0.4, -0.2) is 78.2 Å². The highest BCUT2D eigenvalue weighted by molar-refractivity contribution is 7.92. The van der Waals surface area contributed by atoms with Crippen molar-refractivity contribution >= 4 is 25.6 Å². The molecular formula is C27H28F8N2O5S2. The predicted molar refractivity (Wildman–Crippen MR) is 142 cm³/mol. The van der Waals surface area contributed by atoms with E-state index in [0.717, 1.165) is 24.3 Å². The number of alkyl halides is 7. The molecule has 0 aromatic heterocycles. The summed E-state index contributed by atoms with van der Waals surface area (Å²) < 4.78 is 159. The molecule has 1 atom stereocenters. The van der Waals surface area contributed by atoms with Gasteiger partial charge in [-0.05, 0) is 56.1 Å². The summed E-state index contributed by atoms with van der Waals surface area (Å²) in [5.41, 5.74) is -9.12. The summed E-state index contributed by atoms with van der Waals surface area (Å²) in [4.78, 5) is 14.6. The van der Waals surface area contributed by atoms with Gasteiger partial charge in [-0.1, -0.05) is 24.3 Å². The van der Waals surface area contributed by atoms with Crippen molar-refractivity contribution in [2.75, 3.05) is 38.2 Å². The first-order valence-electron chi connectivity index (χ1n) is 13.2. The summed E-state index contributed by atoms with van der Waals surface area (Å²) in [7, 11) is -6.50. The highest BCUT2D eigenvalue weighted by Crippen LogP contribution is 2.54. The molecule has 2 saturated heterocycles. The number of hydrogen-bond acceptors (Lipinski definition) is 6. The van der Waals surface area contributed by atoms with Crippen LogP contribution in [0, 0.1) is 11.2 Å². The summed E-state index contributed by atoms with van der Waals surface area (Å²) in [6.45, 7) is -0.780. The lowest BCUT2D eigenvalue weighted by Gasteiger charge is -2.39. The zero-order valence-electron chi connectivity index (χ0n) is 23.1. The molecule has 0 unspecified atom stereocenters. The number of amides is 1. The summed E-state index contributed by atoms with van der Waals surface area (Å²) in [6.07, 6.45) is -13.3. The standard InChI is InChI=1S/C27H28F8N2O5S2/c1-36-16-23(11-14-43(39,40)15-12-23)22(38)37-13-10-24(17-37,44(41,42)21-8-6-20(28)7-9-21)18-2-4-19(5-3-18)25(29,26(30,31)32)27(33,34)35/h2-9,36H,10-17H2,1H3/t24-/m0/s1. The molecule has 4 rings (SSSR count). The van der Waals surface area contributed by atoms with E-state index in [1.807, 2.05) is 0 Å². The molecule has 0 spiro atoms. The first-order valence-corrected chi connectivity index (χ1v) is 16.5. The third-order valence-corrected chi connectivity index (χ3v) is 12.6. The molecule has 2 fully saturated rings. The Morgan fingerprint density at radius 3 is 1.89 bits per heavy atom. The Morgan fingerprint density at radius 2 is 1.41 bits per heavy atom. The average Bonchev–Trinajstić information content (AvgIpc) is 3.40. The highest BCUT2D eigenvalue weighted by atomic mass is 32.2. The van der Waals surface area contributed by atoms with Crippen molar-refractivity contribution in [2.24, 2.45) is 5.41 Å². The van der Waals surface area contributed by atoms with Crippen LogP contribution in [0.5, 0.6) is 0 Å². The van der Waals surface area contributed by atoms with Gasteiger partial charge < -0.3 is 10.2 Å². The van der Waals surface area contributed by atoms with Crippen LogP contribution in [0.4, 0.5) is 35.1 Å². The first-order chi connectivity index (χ1) is 20.2. The minimum absolute atomic E-state index is 0.0533. The minimum Gasteiger partial charge on any atom is -0.340 e. The van der Waals surface area contributed by atoms with Gasteiger partial charge in [-0.25, -0.2) is 25.6 Å². The van der Waals surface area contributed by atoms with Gasteiger partial charge in [0, 0.05) is 25.2 Å². The highest BCUT2D eigenvalue weighted by Gasteiger charge is 2.73. The number of nitrogens with zero attached hydrogens (tertiary/aromatic N) is 1. The van der Waals surface area contributed by atoms with Crippen molar-refractivity contribution < 1.29 is 56.8 Å². The van der Waals surface area contributed by atoms with Crippen molar-refractivity contribution in [3.8, 4) is 0 Å². The molecule has 17 heteroatoms. The Labute approximate surface area is 248 Å². The molecule has 2 aliphatic rings. The summed E-state index contributed by atoms with van der Waals surface area (Å²) in [5, 5.41) is 2.85. The summed E-state index contributed by atoms with van der Waals surface area (Å²) >= 11 is 0. The molecule has 0 radical (unpaired) electrons. The second-order valence-electron chi connectivity index (χ2n) is 11.1. The Kier molecular flexibility index (Phi) is 8.70. The molecular weight excluding hydrogens is 648 g/mol. The van der Waals surface area contributed by atoms with Crippen molar-refractivity contribution in [1.82, 2.24) is 10.2 Å². The smallest absolute Gasteiger partial charge is 0.340 e. The van der Waals surface area contributed by atoms with Gasteiger partial charge in [-0.3, -0.25) is 4.79 Å². The van der Waals surface area contributed by atoms with Crippen LogP contribution in [0.3, 0.4) is 0 Å². The van der Waals surface area contributed by atoms with Crippen molar-refractivity contribution in [1.29, 1.82) is 0 Å². The van der Waals surface area contributed by atoms with Crippen molar-refractivity contribution in [3.63, 3.8) is 0 Å². The number of benzene rings is 2. The van der Waals surface area contributed by atoms with Crippen molar-refractivity contribution in [3.05, 3.63) is 65.5 Å². The molecule has 0 bridgehead atoms. The van der Waals surface area contributed by atoms with Gasteiger partial charge in [0.2, 0.25) is 5.91 Å². The fourth-order valence-corrected chi connectivity index (χ4v) is 9.65. The molecule has 44 heavy (non-hydrogen) atoms. The number of likely N-dealkylation sites (tertiary alicyclic amines) is 1. The number of carbonyl (C=O) groups is 1. The van der Waals surface area contributed by atoms with Crippen LogP contribution in [0.2, 0.25) is 0 Å². The van der Waals surface area contributed by atoms with E-state index < -0.39 is 76.6 Å². The zero-order valence-corrected chi connectivity index (χ0v) is 24.7. The zero-order chi connectivity index (χ0) is 33.0. The fraction of sp³-hybridized carbons (Fsp3) is 0.519. The number of halogens is 8. The predicted octanol–water partition coefficient (Wildman–Crippen LogP) is 4.43. The van der Waals surface area contributed by atoms with Gasteiger partial charge in [0.25, 0.3) is 0 Å². The van der Waals surface area contributed by atoms with E-state index >= 15 is 0 Å². The number of rotatable bonds is 7. The van der Waals surface area contributed by atoms with Crippen LogP contribution in [0.1, 0.15) is 30.4 Å². The van der Waals surface area contributed by atoms with Gasteiger partial charge in [-0.2, -0.15) is 26.3 Å². The SMILES string of the molecule is CNCC1(C(=O)N2CC[C@](c3ccc(C(F)(C(F)(F)F)C(F)(F)F)cc3)(S(=O)(=O)c3ccc(F)cc3)C2)CCS(=O)(=O)CC1. The van der Waals surface area contributed by atoms with Gasteiger partial charge in [0.15, 0.2) is 9.84 Å². The summed E-state index contributed by atoms with van der Waals surface area (Å²) in [6, 6.07) is 5.25. The van der Waals surface area contributed by atoms with Gasteiger partial charge >= 0.3 is 18.0 Å². The van der Waals surface area contributed by atoms with Gasteiger partial charge in [-0.15, -0.1) is 0 Å². The number of nitrogens with one attached hydrogen (secondary N) is 1. The average molecular weight is 677 g/mol. The molecule has 1 amide bonds. The number of hydrogen-bond donors (Lipinski definition) is 1. The Bertz CT molecular complexity index is 1580. The quantitative estimate of drug-likeness (QED) is 0.344. The van der Waals surface area contributed by atoms with E-state index in [1.165, 1.54) is 4.90 Å². The molecule has 1 N–H and O–H groups in total. The molecule has 244 valence electrons. The Morgan fingerprint density at radius 1 is 0.886 bits per heavy atom. The van der Waals surface area contributed by atoms with E-state index in [-0.39, 0.29) is 61.6 Å². The van der Waals surface area contributed by atoms with Crippen molar-refractivity contribution in [2.45, 2.75) is 46.9 Å². The van der Waals surface area contributed by atoms with Crippen LogP contribution >= 0.6 is 0 Å². The first kappa shape index (κ1) is 34.1. The van der Waals surface area contributed by atoms with E-state index in [4.69, 9.17) is 0 Å². The van der Waals surface area contributed by atoms with Crippen LogP contribution < -0.4 is 5.32 Å². The van der Waals surface area contributed by atoms with Gasteiger partial charge in [0.05, 0.1) is 21.8 Å². The molecule has 2 heterocycles. The van der Waals surface area contributed by atoms with E-state index in [0.29, 0.717) is 12.1 Å². The maximum atomic E-state index is 14.7. The summed E-state index contributed by atoms with van der Waals surface area (Å²) in [5.74, 6) is -1.95. The number of sulfone groups is 2. The Balaban J connectivity index is 1.82. The third kappa shape index (κ3) is 5.59. The maximum Gasteiger partial charge on any atom is 0.435 e. The number of carbonyl (C=O) groups excluding carboxylic acids is 1. The third-order valence-electron chi connectivity index (χ3n) is 8.50. The fourth-order valence-electron chi connectivity index (χ4n) is 5.97. The lowest BCUT2D eigenvalue weighted by atomic mass is 9.80. The molecule has 7 nitrogen and oxygen atoms in total. The largest absolute Gasteiger partial charge is 0.435 e. The lowest BCUT2D eigenvalue weighted by molar-refractivity contribution is -0.348. The minimum atomic E-state index is -6.39. The topological polar surface area (TPSA) is 101 Å². The second kappa shape index (κ2) is 11.2. The van der Waals surface area contributed by atoms with Crippen LogP contribution in [0.25, 0.3) is 0 Å². The maximum absolute atomic E-state index is 14.7. The second-order valence-corrected chi connectivity index (χ2v) is 15.7. The lowest BCUT2D eigenvalue weighted by Crippen LogP contribution is -2.52. The molecule has 0 aliphatic carbocycles. The molecule has 2 aliphatic heterocycles. The van der Waals surface area contributed by atoms with Gasteiger partial charge in [0.1, 0.15) is 20.4 Å². The van der Waals surface area contributed by atoms with E-state index in [1.54, 1.807) is 7.05 Å². The molecule has 2 aromatic carbocycles. The van der Waals surface area contributed by atoms with E-state index in [9.17, 15) is 56.8 Å². The van der Waals surface area contributed by atoms with E-state index in [2.05, 4.69) is 5.32 Å². The van der Waals surface area contributed by atoms with Crippen LogP contribution in [-0.2, 0) is 34.9 Å². The monoisotopic (exact) mass is 676 g/mol.